The van der Waals surface area contributed by atoms with Crippen molar-refractivity contribution < 1.29 is 23.4 Å². The molecule has 1 heterocycles. The Bertz CT molecular complexity index is 990. The van der Waals surface area contributed by atoms with E-state index in [9.17, 15) is 23.4 Å². The number of para-hydroxylation sites is 1. The van der Waals surface area contributed by atoms with Crippen molar-refractivity contribution in [3.8, 4) is 0 Å². The van der Waals surface area contributed by atoms with Gasteiger partial charge in [-0.1, -0.05) is 36.4 Å². The number of rotatable bonds is 4. The Hall–Kier alpha value is -2.64. The standard InChI is InChI=1S/C16H13NO5S/c18-10-11-5-4-8-13-14(16(19)20)9-17(15(11)13)23(21,22)12-6-2-1-3-7-12/h1-9,18H,10H2,(H,19,20). The number of carbonyl (C=O) groups is 1. The number of aromatic nitrogens is 1. The summed E-state index contributed by atoms with van der Waals surface area (Å²) in [6, 6.07) is 12.4. The minimum atomic E-state index is -3.97. The highest BCUT2D eigenvalue weighted by molar-refractivity contribution is 7.90. The molecule has 0 bridgehead atoms. The van der Waals surface area contributed by atoms with Crippen molar-refractivity contribution in [2.45, 2.75) is 11.5 Å². The fourth-order valence-electron chi connectivity index (χ4n) is 2.51. The third-order valence-electron chi connectivity index (χ3n) is 3.58. The predicted molar refractivity (Wildman–Crippen MR) is 83.8 cm³/mol. The molecule has 118 valence electrons. The number of aliphatic hydroxyl groups excluding tert-OH is 1. The van der Waals surface area contributed by atoms with E-state index in [1.54, 1.807) is 30.3 Å². The van der Waals surface area contributed by atoms with Crippen molar-refractivity contribution in [3.63, 3.8) is 0 Å². The third kappa shape index (κ3) is 2.39. The Morgan fingerprint density at radius 2 is 1.74 bits per heavy atom. The number of hydrogen-bond donors (Lipinski definition) is 2. The van der Waals surface area contributed by atoms with Crippen LogP contribution in [0.3, 0.4) is 0 Å². The second-order valence-electron chi connectivity index (χ2n) is 4.93. The van der Waals surface area contributed by atoms with Crippen LogP contribution < -0.4 is 0 Å². The number of hydrogen-bond acceptors (Lipinski definition) is 4. The number of carboxylic acid groups (broad SMARTS) is 1. The van der Waals surface area contributed by atoms with Gasteiger partial charge in [0.2, 0.25) is 0 Å². The predicted octanol–water partition coefficient (Wildman–Crippen LogP) is 2.07. The number of fused-ring (bicyclic) bond motifs is 1. The number of benzene rings is 2. The quantitative estimate of drug-likeness (QED) is 0.763. The summed E-state index contributed by atoms with van der Waals surface area (Å²) >= 11 is 0. The van der Waals surface area contributed by atoms with Gasteiger partial charge in [-0.2, -0.15) is 0 Å². The summed E-state index contributed by atoms with van der Waals surface area (Å²) in [5.41, 5.74) is 0.389. The zero-order valence-corrected chi connectivity index (χ0v) is 12.7. The van der Waals surface area contributed by atoms with E-state index in [1.807, 2.05) is 0 Å². The van der Waals surface area contributed by atoms with E-state index in [0.717, 1.165) is 10.2 Å². The molecule has 6 nitrogen and oxygen atoms in total. The number of aromatic carboxylic acids is 1. The Kier molecular flexibility index (Phi) is 3.67. The third-order valence-corrected chi connectivity index (χ3v) is 5.25. The van der Waals surface area contributed by atoms with E-state index in [2.05, 4.69) is 0 Å². The first-order valence-corrected chi connectivity index (χ1v) is 8.18. The average molecular weight is 331 g/mol. The normalized spacial score (nSPS) is 11.7. The molecule has 0 aliphatic rings. The summed E-state index contributed by atoms with van der Waals surface area (Å²) in [6.45, 7) is -0.398. The first-order chi connectivity index (χ1) is 11.0. The molecular weight excluding hydrogens is 318 g/mol. The van der Waals surface area contributed by atoms with Crippen molar-refractivity contribution >= 4 is 26.9 Å². The van der Waals surface area contributed by atoms with Gasteiger partial charge < -0.3 is 10.2 Å². The lowest BCUT2D eigenvalue weighted by molar-refractivity contribution is 0.0699. The van der Waals surface area contributed by atoms with Gasteiger partial charge in [0.15, 0.2) is 0 Å². The summed E-state index contributed by atoms with van der Waals surface area (Å²) in [4.78, 5) is 11.5. The fourth-order valence-corrected chi connectivity index (χ4v) is 3.94. The Labute approximate surface area is 132 Å². The minimum Gasteiger partial charge on any atom is -0.478 e. The van der Waals surface area contributed by atoms with Crippen LogP contribution >= 0.6 is 0 Å². The number of nitrogens with zero attached hydrogens (tertiary/aromatic N) is 1. The Morgan fingerprint density at radius 1 is 1.04 bits per heavy atom. The molecule has 0 aliphatic heterocycles. The van der Waals surface area contributed by atoms with Gasteiger partial charge in [0.25, 0.3) is 10.0 Å². The molecule has 2 aromatic carbocycles. The zero-order valence-electron chi connectivity index (χ0n) is 11.9. The number of carboxylic acids is 1. The molecule has 0 amide bonds. The van der Waals surface area contributed by atoms with Gasteiger partial charge in [-0.05, 0) is 12.1 Å². The highest BCUT2D eigenvalue weighted by Gasteiger charge is 2.24. The van der Waals surface area contributed by atoms with Gasteiger partial charge in [0.1, 0.15) is 0 Å². The monoisotopic (exact) mass is 331 g/mol. The lowest BCUT2D eigenvalue weighted by Crippen LogP contribution is -2.12. The van der Waals surface area contributed by atoms with E-state index in [4.69, 9.17) is 0 Å². The maximum atomic E-state index is 12.8. The fraction of sp³-hybridized carbons (Fsp3) is 0.0625. The van der Waals surface area contributed by atoms with Crippen molar-refractivity contribution in [2.24, 2.45) is 0 Å². The molecule has 23 heavy (non-hydrogen) atoms. The van der Waals surface area contributed by atoms with Crippen molar-refractivity contribution in [1.82, 2.24) is 3.97 Å². The van der Waals surface area contributed by atoms with Gasteiger partial charge in [-0.25, -0.2) is 17.2 Å². The van der Waals surface area contributed by atoms with Gasteiger partial charge in [0, 0.05) is 17.1 Å². The summed E-state index contributed by atoms with van der Waals surface area (Å²) in [5.74, 6) is -1.23. The number of aliphatic hydroxyl groups is 1. The van der Waals surface area contributed by atoms with E-state index >= 15 is 0 Å². The van der Waals surface area contributed by atoms with Gasteiger partial charge in [0.05, 0.1) is 22.6 Å². The van der Waals surface area contributed by atoms with Gasteiger partial charge >= 0.3 is 5.97 Å². The molecule has 0 spiro atoms. The van der Waals surface area contributed by atoms with Crippen LogP contribution in [-0.2, 0) is 16.6 Å². The molecular formula is C16H13NO5S. The second kappa shape index (κ2) is 5.53. The smallest absolute Gasteiger partial charge is 0.337 e. The summed E-state index contributed by atoms with van der Waals surface area (Å²) in [6.07, 6.45) is 1.08. The molecule has 7 heteroatoms. The second-order valence-corrected chi connectivity index (χ2v) is 6.75. The molecule has 0 atom stereocenters. The summed E-state index contributed by atoms with van der Waals surface area (Å²) in [7, 11) is -3.97. The largest absolute Gasteiger partial charge is 0.478 e. The van der Waals surface area contributed by atoms with Crippen molar-refractivity contribution in [3.05, 3.63) is 65.9 Å². The molecule has 3 aromatic rings. The van der Waals surface area contributed by atoms with Crippen molar-refractivity contribution in [2.75, 3.05) is 0 Å². The van der Waals surface area contributed by atoms with E-state index in [-0.39, 0.29) is 21.4 Å². The minimum absolute atomic E-state index is 0.0431. The molecule has 3 rings (SSSR count). The molecule has 2 N–H and O–H groups in total. The lowest BCUT2D eigenvalue weighted by atomic mass is 10.1. The van der Waals surface area contributed by atoms with Crippen LogP contribution in [0, 0.1) is 0 Å². The molecule has 0 radical (unpaired) electrons. The summed E-state index contributed by atoms with van der Waals surface area (Å²) < 4.78 is 26.6. The molecule has 0 saturated carbocycles. The van der Waals surface area contributed by atoms with E-state index in [1.165, 1.54) is 18.2 Å². The topological polar surface area (TPSA) is 96.6 Å². The van der Waals surface area contributed by atoms with Gasteiger partial charge in [-0.3, -0.25) is 0 Å². The van der Waals surface area contributed by atoms with Crippen LogP contribution in [0.25, 0.3) is 10.9 Å². The molecule has 0 unspecified atom stereocenters. The zero-order chi connectivity index (χ0) is 16.6. The van der Waals surface area contributed by atoms with Crippen LogP contribution in [0.1, 0.15) is 15.9 Å². The molecule has 0 saturated heterocycles. The first kappa shape index (κ1) is 15.3. The van der Waals surface area contributed by atoms with Crippen LogP contribution in [0.15, 0.2) is 59.6 Å². The SMILES string of the molecule is O=C(O)c1cn(S(=O)(=O)c2ccccc2)c2c(CO)cccc12. The molecule has 0 aliphatic carbocycles. The van der Waals surface area contributed by atoms with Crippen molar-refractivity contribution in [1.29, 1.82) is 0 Å². The van der Waals surface area contributed by atoms with E-state index < -0.39 is 22.6 Å². The highest BCUT2D eigenvalue weighted by Crippen LogP contribution is 2.28. The highest BCUT2D eigenvalue weighted by atomic mass is 32.2. The van der Waals surface area contributed by atoms with E-state index in [0.29, 0.717) is 5.56 Å². The lowest BCUT2D eigenvalue weighted by Gasteiger charge is -2.09. The molecule has 0 fully saturated rings. The first-order valence-electron chi connectivity index (χ1n) is 6.74. The Balaban J connectivity index is 2.40. The average Bonchev–Trinajstić information content (AvgIpc) is 2.96. The van der Waals surface area contributed by atoms with Crippen LogP contribution in [0.5, 0.6) is 0 Å². The van der Waals surface area contributed by atoms with Crippen LogP contribution in [0.2, 0.25) is 0 Å². The van der Waals surface area contributed by atoms with Crippen LogP contribution in [0.4, 0.5) is 0 Å². The van der Waals surface area contributed by atoms with Crippen LogP contribution in [-0.4, -0.2) is 28.6 Å². The molecule has 1 aromatic heterocycles. The maximum absolute atomic E-state index is 12.8. The van der Waals surface area contributed by atoms with Gasteiger partial charge in [-0.15, -0.1) is 0 Å². The summed E-state index contributed by atoms with van der Waals surface area (Å²) in [5, 5.41) is 19.1. The Morgan fingerprint density at radius 3 is 2.35 bits per heavy atom. The maximum Gasteiger partial charge on any atom is 0.337 e.